The van der Waals surface area contributed by atoms with Gasteiger partial charge in [-0.05, 0) is 35.2 Å². The molecule has 3 rings (SSSR count). The fourth-order valence-electron chi connectivity index (χ4n) is 2.70. The van der Waals surface area contributed by atoms with E-state index >= 15 is 0 Å². The van der Waals surface area contributed by atoms with Crippen LogP contribution in [0.5, 0.6) is 5.75 Å². The van der Waals surface area contributed by atoms with Crippen LogP contribution in [0.2, 0.25) is 0 Å². The first-order valence-electron chi connectivity index (χ1n) is 7.74. The first-order valence-corrected chi connectivity index (χ1v) is 7.74. The predicted molar refractivity (Wildman–Crippen MR) is 93.6 cm³/mol. The Kier molecular flexibility index (Phi) is 4.89. The normalized spacial score (nSPS) is 11.1. The van der Waals surface area contributed by atoms with E-state index in [1.165, 1.54) is 11.8 Å². The summed E-state index contributed by atoms with van der Waals surface area (Å²) in [4.78, 5) is 0. The number of benzene rings is 3. The average Bonchev–Trinajstić information content (AvgIpc) is 2.61. The van der Waals surface area contributed by atoms with Gasteiger partial charge in [0.25, 0.3) is 0 Å². The molecule has 0 aliphatic heterocycles. The topological polar surface area (TPSA) is 41.8 Å². The van der Waals surface area contributed by atoms with Gasteiger partial charge >= 0.3 is 0 Å². The Hall–Kier alpha value is -2.81. The van der Waals surface area contributed by atoms with Crippen molar-refractivity contribution in [1.82, 2.24) is 0 Å². The third kappa shape index (κ3) is 3.69. The van der Waals surface area contributed by atoms with Crippen LogP contribution in [-0.2, 0) is 6.42 Å². The van der Waals surface area contributed by atoms with E-state index in [0.29, 0.717) is 6.61 Å². The molecule has 0 aliphatic carbocycles. The number of ether oxygens (including phenoxy) is 1. The molecule has 3 nitrogen and oxygen atoms in total. The average molecular weight is 305 g/mol. The van der Waals surface area contributed by atoms with Crippen LogP contribution in [0, 0.1) is 0 Å². The summed E-state index contributed by atoms with van der Waals surface area (Å²) in [6.45, 7) is 0.625. The van der Waals surface area contributed by atoms with Gasteiger partial charge in [-0.1, -0.05) is 65.8 Å². The quantitative estimate of drug-likeness (QED) is 0.311. The van der Waals surface area contributed by atoms with Crippen LogP contribution in [0.3, 0.4) is 0 Å². The predicted octanol–water partition coefficient (Wildman–Crippen LogP) is 4.66. The third-order valence-corrected chi connectivity index (χ3v) is 3.83. The molecule has 0 atom stereocenters. The maximum Gasteiger partial charge on any atom is 0.128 e. The molecule has 1 N–H and O–H groups in total. The summed E-state index contributed by atoms with van der Waals surface area (Å²) in [7, 11) is 0. The van der Waals surface area contributed by atoms with Crippen molar-refractivity contribution in [1.29, 1.82) is 0 Å². The van der Waals surface area contributed by atoms with Gasteiger partial charge in [0.2, 0.25) is 0 Å². The first kappa shape index (κ1) is 15.1. The molecule has 0 spiro atoms. The third-order valence-electron chi connectivity index (χ3n) is 3.83. The van der Waals surface area contributed by atoms with Crippen LogP contribution < -0.4 is 4.74 Å². The zero-order valence-electron chi connectivity index (χ0n) is 12.9. The summed E-state index contributed by atoms with van der Waals surface area (Å²) in [5.74, 6) is 0.745. The van der Waals surface area contributed by atoms with Crippen molar-refractivity contribution in [3.05, 3.63) is 77.9 Å². The minimum Gasteiger partial charge on any atom is -0.493 e. The zero-order chi connectivity index (χ0) is 15.9. The Bertz CT molecular complexity index is 797. The maximum atomic E-state index is 8.94. The van der Waals surface area contributed by atoms with Crippen LogP contribution in [-0.4, -0.2) is 18.0 Å². The van der Waals surface area contributed by atoms with Gasteiger partial charge in [0.15, 0.2) is 0 Å². The number of hydrogen-bond donors (Lipinski definition) is 1. The Morgan fingerprint density at radius 2 is 1.70 bits per heavy atom. The molecule has 23 heavy (non-hydrogen) atoms. The van der Waals surface area contributed by atoms with Gasteiger partial charge in [-0.25, -0.2) is 0 Å². The zero-order valence-corrected chi connectivity index (χ0v) is 12.9. The summed E-state index contributed by atoms with van der Waals surface area (Å²) in [5.41, 5.74) is 2.12. The molecule has 116 valence electrons. The monoisotopic (exact) mass is 305 g/mol. The lowest BCUT2D eigenvalue weighted by Crippen LogP contribution is -2.02. The number of hydrogen-bond acceptors (Lipinski definition) is 3. The molecule has 0 aliphatic rings. The van der Waals surface area contributed by atoms with Crippen LogP contribution in [0.1, 0.15) is 17.5 Å². The minimum atomic E-state index is 0.625. The first-order chi connectivity index (χ1) is 11.4. The van der Waals surface area contributed by atoms with E-state index in [1.54, 1.807) is 0 Å². The molecule has 0 fully saturated rings. The van der Waals surface area contributed by atoms with Crippen molar-refractivity contribution in [2.24, 2.45) is 5.16 Å². The van der Waals surface area contributed by atoms with Crippen molar-refractivity contribution < 1.29 is 9.94 Å². The Morgan fingerprint density at radius 1 is 0.913 bits per heavy atom. The molecule has 0 amide bonds. The van der Waals surface area contributed by atoms with Crippen molar-refractivity contribution in [2.75, 3.05) is 6.61 Å². The fourth-order valence-corrected chi connectivity index (χ4v) is 2.70. The highest BCUT2D eigenvalue weighted by Crippen LogP contribution is 2.26. The second kappa shape index (κ2) is 7.45. The Morgan fingerprint density at radius 3 is 2.52 bits per heavy atom. The Labute approximate surface area is 135 Å². The molecule has 3 heteroatoms. The second-order valence-corrected chi connectivity index (χ2v) is 5.38. The summed E-state index contributed by atoms with van der Waals surface area (Å²) in [6, 6.07) is 22.3. The van der Waals surface area contributed by atoms with E-state index in [1.807, 2.05) is 42.5 Å². The van der Waals surface area contributed by atoms with Crippen LogP contribution >= 0.6 is 0 Å². The molecule has 0 saturated heterocycles. The molecule has 0 aromatic heterocycles. The second-order valence-electron chi connectivity index (χ2n) is 5.38. The molecule has 0 heterocycles. The fraction of sp³-hybridized carbons (Fsp3) is 0.150. The molecular formula is C20H19NO2. The van der Waals surface area contributed by atoms with Crippen molar-refractivity contribution >= 4 is 17.0 Å². The van der Waals surface area contributed by atoms with E-state index in [9.17, 15) is 0 Å². The molecule has 3 aromatic carbocycles. The minimum absolute atomic E-state index is 0.625. The number of oxime groups is 1. The van der Waals surface area contributed by atoms with Gasteiger partial charge in [-0.3, -0.25) is 0 Å². The highest BCUT2D eigenvalue weighted by Gasteiger charge is 2.07. The lowest BCUT2D eigenvalue weighted by Gasteiger charge is -2.11. The van der Waals surface area contributed by atoms with Crippen LogP contribution in [0.15, 0.2) is 71.9 Å². The number of nitrogens with zero attached hydrogens (tertiary/aromatic N) is 1. The van der Waals surface area contributed by atoms with Crippen LogP contribution in [0.4, 0.5) is 0 Å². The van der Waals surface area contributed by atoms with E-state index in [2.05, 4.69) is 29.4 Å². The number of rotatable bonds is 6. The van der Waals surface area contributed by atoms with Crippen molar-refractivity contribution in [3.63, 3.8) is 0 Å². The molecule has 0 unspecified atom stereocenters. The summed E-state index contributed by atoms with van der Waals surface area (Å²) >= 11 is 0. The van der Waals surface area contributed by atoms with E-state index in [4.69, 9.17) is 9.94 Å². The van der Waals surface area contributed by atoms with E-state index < -0.39 is 0 Å². The van der Waals surface area contributed by atoms with Gasteiger partial charge in [0, 0.05) is 5.56 Å². The van der Waals surface area contributed by atoms with E-state index in [0.717, 1.165) is 34.9 Å². The van der Waals surface area contributed by atoms with Gasteiger partial charge < -0.3 is 9.94 Å². The van der Waals surface area contributed by atoms with Crippen molar-refractivity contribution in [2.45, 2.75) is 12.8 Å². The standard InChI is InChI=1S/C20H19NO2/c22-21-15-19-18-11-5-4-10-17(18)12-13-20(19)23-14-6-9-16-7-2-1-3-8-16/h1-5,7-8,10-13,15,22H,6,9,14H2. The lowest BCUT2D eigenvalue weighted by molar-refractivity contribution is 0.309. The van der Waals surface area contributed by atoms with Crippen molar-refractivity contribution in [3.8, 4) is 5.75 Å². The van der Waals surface area contributed by atoms with Crippen LogP contribution in [0.25, 0.3) is 10.8 Å². The van der Waals surface area contributed by atoms with Gasteiger partial charge in [-0.2, -0.15) is 0 Å². The molecule has 0 radical (unpaired) electrons. The highest BCUT2D eigenvalue weighted by atomic mass is 16.5. The highest BCUT2D eigenvalue weighted by molar-refractivity contribution is 6.02. The Balaban J connectivity index is 1.71. The lowest BCUT2D eigenvalue weighted by atomic mass is 10.0. The summed E-state index contributed by atoms with van der Waals surface area (Å²) < 4.78 is 5.92. The molecule has 0 saturated carbocycles. The molecular weight excluding hydrogens is 286 g/mol. The molecule has 3 aromatic rings. The van der Waals surface area contributed by atoms with Gasteiger partial charge in [0.1, 0.15) is 5.75 Å². The summed E-state index contributed by atoms with van der Waals surface area (Å²) in [5, 5.41) is 14.2. The maximum absolute atomic E-state index is 8.94. The number of fused-ring (bicyclic) bond motifs is 1. The largest absolute Gasteiger partial charge is 0.493 e. The van der Waals surface area contributed by atoms with Gasteiger partial charge in [0.05, 0.1) is 12.8 Å². The number of aryl methyl sites for hydroxylation is 1. The van der Waals surface area contributed by atoms with E-state index in [-0.39, 0.29) is 0 Å². The summed E-state index contributed by atoms with van der Waals surface area (Å²) in [6.07, 6.45) is 3.36. The molecule has 0 bridgehead atoms. The smallest absolute Gasteiger partial charge is 0.128 e. The van der Waals surface area contributed by atoms with Gasteiger partial charge in [-0.15, -0.1) is 0 Å². The SMILES string of the molecule is ON=Cc1c(OCCCc2ccccc2)ccc2ccccc12.